The molecule has 0 aliphatic carbocycles. The highest BCUT2D eigenvalue weighted by molar-refractivity contribution is 6.30. The van der Waals surface area contributed by atoms with Crippen LogP contribution >= 0.6 is 11.6 Å². The maximum absolute atomic E-state index is 11.6. The standard InChI is InChI=1S/C12H15ClN2O/c1-8(2)9(3)14-15-12(16)10-4-6-11(13)7-5-10/h4-8H,1-3H3,(H,15,16). The lowest BCUT2D eigenvalue weighted by molar-refractivity contribution is 0.0954. The van der Waals surface area contributed by atoms with E-state index < -0.39 is 0 Å². The fourth-order valence-corrected chi connectivity index (χ4v) is 1.06. The Morgan fingerprint density at radius 3 is 2.38 bits per heavy atom. The molecule has 0 saturated heterocycles. The van der Waals surface area contributed by atoms with Crippen molar-refractivity contribution in [3.8, 4) is 0 Å². The van der Waals surface area contributed by atoms with Crippen molar-refractivity contribution in [1.82, 2.24) is 5.43 Å². The molecule has 1 rings (SSSR count). The zero-order chi connectivity index (χ0) is 12.1. The van der Waals surface area contributed by atoms with Gasteiger partial charge >= 0.3 is 0 Å². The molecule has 0 aromatic heterocycles. The number of hydrogen-bond donors (Lipinski definition) is 1. The molecular formula is C12H15ClN2O. The van der Waals surface area contributed by atoms with Crippen LogP contribution in [-0.2, 0) is 0 Å². The van der Waals surface area contributed by atoms with Gasteiger partial charge in [-0.25, -0.2) is 5.43 Å². The maximum atomic E-state index is 11.6. The van der Waals surface area contributed by atoms with Gasteiger partial charge in [0, 0.05) is 16.3 Å². The van der Waals surface area contributed by atoms with Crippen LogP contribution in [0.2, 0.25) is 5.02 Å². The third-order valence-electron chi connectivity index (χ3n) is 2.28. The Kier molecular flexibility index (Phi) is 4.50. The minimum absolute atomic E-state index is 0.225. The first-order valence-corrected chi connectivity index (χ1v) is 5.48. The lowest BCUT2D eigenvalue weighted by Gasteiger charge is -2.04. The summed E-state index contributed by atoms with van der Waals surface area (Å²) in [5, 5.41) is 4.62. The third kappa shape index (κ3) is 3.66. The fraction of sp³-hybridized carbons (Fsp3) is 0.333. The van der Waals surface area contributed by atoms with Crippen LogP contribution in [-0.4, -0.2) is 11.6 Å². The Bertz CT molecular complexity index is 396. The molecule has 1 N–H and O–H groups in total. The summed E-state index contributed by atoms with van der Waals surface area (Å²) in [5.74, 6) is 0.0992. The highest BCUT2D eigenvalue weighted by Crippen LogP contribution is 2.09. The average Bonchev–Trinajstić information content (AvgIpc) is 2.26. The van der Waals surface area contributed by atoms with Crippen LogP contribution in [0.15, 0.2) is 29.4 Å². The lowest BCUT2D eigenvalue weighted by Crippen LogP contribution is -2.20. The van der Waals surface area contributed by atoms with Crippen molar-refractivity contribution in [1.29, 1.82) is 0 Å². The van der Waals surface area contributed by atoms with Crippen molar-refractivity contribution in [2.24, 2.45) is 11.0 Å². The molecule has 1 aromatic carbocycles. The first-order valence-electron chi connectivity index (χ1n) is 5.11. The van der Waals surface area contributed by atoms with E-state index in [-0.39, 0.29) is 5.91 Å². The van der Waals surface area contributed by atoms with Gasteiger partial charge in [-0.2, -0.15) is 5.10 Å². The first-order chi connectivity index (χ1) is 7.50. The van der Waals surface area contributed by atoms with Crippen molar-refractivity contribution in [2.75, 3.05) is 0 Å². The second-order valence-corrected chi connectivity index (χ2v) is 4.29. The second kappa shape index (κ2) is 5.66. The molecule has 86 valence electrons. The topological polar surface area (TPSA) is 41.5 Å². The molecule has 0 aliphatic heterocycles. The predicted octanol–water partition coefficient (Wildman–Crippen LogP) is 3.10. The van der Waals surface area contributed by atoms with E-state index in [0.29, 0.717) is 16.5 Å². The maximum Gasteiger partial charge on any atom is 0.271 e. The Morgan fingerprint density at radius 2 is 1.88 bits per heavy atom. The number of hydrazone groups is 1. The van der Waals surface area contributed by atoms with E-state index in [1.54, 1.807) is 24.3 Å². The number of nitrogens with zero attached hydrogens (tertiary/aromatic N) is 1. The quantitative estimate of drug-likeness (QED) is 0.638. The molecule has 16 heavy (non-hydrogen) atoms. The minimum atomic E-state index is -0.225. The molecule has 1 aromatic rings. The minimum Gasteiger partial charge on any atom is -0.267 e. The number of halogens is 1. The molecule has 0 aliphatic rings. The second-order valence-electron chi connectivity index (χ2n) is 3.86. The molecule has 0 bridgehead atoms. The molecule has 0 unspecified atom stereocenters. The predicted molar refractivity (Wildman–Crippen MR) is 66.9 cm³/mol. The van der Waals surface area contributed by atoms with Gasteiger partial charge in [0.1, 0.15) is 0 Å². The summed E-state index contributed by atoms with van der Waals surface area (Å²) in [7, 11) is 0. The Hall–Kier alpha value is -1.35. The number of carbonyl (C=O) groups excluding carboxylic acids is 1. The summed E-state index contributed by atoms with van der Waals surface area (Å²) in [6.45, 7) is 5.92. The summed E-state index contributed by atoms with van der Waals surface area (Å²) in [5.41, 5.74) is 3.94. The van der Waals surface area contributed by atoms with E-state index in [2.05, 4.69) is 10.5 Å². The fourth-order valence-electron chi connectivity index (χ4n) is 0.934. The Labute approximate surface area is 101 Å². The van der Waals surface area contributed by atoms with Gasteiger partial charge in [-0.15, -0.1) is 0 Å². The summed E-state index contributed by atoms with van der Waals surface area (Å²) in [4.78, 5) is 11.6. The number of hydrogen-bond acceptors (Lipinski definition) is 2. The van der Waals surface area contributed by atoms with Gasteiger partial charge in [0.25, 0.3) is 5.91 Å². The van der Waals surface area contributed by atoms with E-state index in [0.717, 1.165) is 5.71 Å². The van der Waals surface area contributed by atoms with Crippen molar-refractivity contribution < 1.29 is 4.79 Å². The van der Waals surface area contributed by atoms with E-state index in [9.17, 15) is 4.79 Å². The highest BCUT2D eigenvalue weighted by atomic mass is 35.5. The van der Waals surface area contributed by atoms with Crippen LogP contribution in [0.3, 0.4) is 0 Å². The van der Waals surface area contributed by atoms with Crippen molar-refractivity contribution in [2.45, 2.75) is 20.8 Å². The number of rotatable bonds is 3. The van der Waals surface area contributed by atoms with E-state index in [1.807, 2.05) is 20.8 Å². The monoisotopic (exact) mass is 238 g/mol. The van der Waals surface area contributed by atoms with Crippen molar-refractivity contribution in [3.63, 3.8) is 0 Å². The van der Waals surface area contributed by atoms with Crippen LogP contribution in [0.5, 0.6) is 0 Å². The molecule has 0 atom stereocenters. The average molecular weight is 239 g/mol. The van der Waals surface area contributed by atoms with Gasteiger partial charge < -0.3 is 0 Å². The number of nitrogens with one attached hydrogen (secondary N) is 1. The van der Waals surface area contributed by atoms with Gasteiger partial charge in [0.2, 0.25) is 0 Å². The van der Waals surface area contributed by atoms with Crippen LogP contribution < -0.4 is 5.43 Å². The van der Waals surface area contributed by atoms with Gasteiger partial charge in [0.15, 0.2) is 0 Å². The van der Waals surface area contributed by atoms with Crippen LogP contribution in [0.4, 0.5) is 0 Å². The summed E-state index contributed by atoms with van der Waals surface area (Å²) < 4.78 is 0. The molecule has 0 spiro atoms. The number of amides is 1. The van der Waals surface area contributed by atoms with Crippen molar-refractivity contribution >= 4 is 23.2 Å². The zero-order valence-corrected chi connectivity index (χ0v) is 10.4. The van der Waals surface area contributed by atoms with Gasteiger partial charge in [0.05, 0.1) is 0 Å². The first kappa shape index (κ1) is 12.7. The van der Waals surface area contributed by atoms with Crippen LogP contribution in [0, 0.1) is 5.92 Å². The van der Waals surface area contributed by atoms with Crippen molar-refractivity contribution in [3.05, 3.63) is 34.9 Å². The van der Waals surface area contributed by atoms with E-state index in [1.165, 1.54) is 0 Å². The number of benzene rings is 1. The molecule has 0 radical (unpaired) electrons. The van der Waals surface area contributed by atoms with Gasteiger partial charge in [-0.1, -0.05) is 25.4 Å². The molecule has 4 heteroatoms. The lowest BCUT2D eigenvalue weighted by atomic mass is 10.1. The molecule has 0 fully saturated rings. The van der Waals surface area contributed by atoms with E-state index in [4.69, 9.17) is 11.6 Å². The Balaban J connectivity index is 2.66. The molecule has 3 nitrogen and oxygen atoms in total. The molecular weight excluding hydrogens is 224 g/mol. The molecule has 0 saturated carbocycles. The number of carbonyl (C=O) groups is 1. The van der Waals surface area contributed by atoms with Gasteiger partial charge in [-0.05, 0) is 37.1 Å². The Morgan fingerprint density at radius 1 is 1.31 bits per heavy atom. The van der Waals surface area contributed by atoms with Crippen LogP contribution in [0.1, 0.15) is 31.1 Å². The highest BCUT2D eigenvalue weighted by Gasteiger charge is 2.04. The zero-order valence-electron chi connectivity index (χ0n) is 9.62. The normalized spacial score (nSPS) is 11.7. The largest absolute Gasteiger partial charge is 0.271 e. The summed E-state index contributed by atoms with van der Waals surface area (Å²) >= 11 is 5.73. The summed E-state index contributed by atoms with van der Waals surface area (Å²) in [6.07, 6.45) is 0. The van der Waals surface area contributed by atoms with Gasteiger partial charge in [-0.3, -0.25) is 4.79 Å². The molecule has 0 heterocycles. The van der Waals surface area contributed by atoms with E-state index >= 15 is 0 Å². The van der Waals surface area contributed by atoms with Crippen LogP contribution in [0.25, 0.3) is 0 Å². The smallest absolute Gasteiger partial charge is 0.267 e. The molecule has 1 amide bonds. The summed E-state index contributed by atoms with van der Waals surface area (Å²) in [6, 6.07) is 6.68. The third-order valence-corrected chi connectivity index (χ3v) is 2.53. The SMILES string of the molecule is CC(=NNC(=O)c1ccc(Cl)cc1)C(C)C.